The summed E-state index contributed by atoms with van der Waals surface area (Å²) >= 11 is 6.06. The molecule has 1 saturated heterocycles. The first-order valence-electron chi connectivity index (χ1n) is 12.9. The van der Waals surface area contributed by atoms with Crippen molar-refractivity contribution in [2.24, 2.45) is 0 Å². The third kappa shape index (κ3) is 5.87. The summed E-state index contributed by atoms with van der Waals surface area (Å²) < 4.78 is 6.01. The SMILES string of the molecule is CCN(Cc1ccc(Cl)cc1)C1CCN(CC/C=C2\c3cc(C(=O)O)ccc3OCc3ncccc32)C1. The number of carboxylic acid groups (broad SMARTS) is 1. The van der Waals surface area contributed by atoms with Crippen molar-refractivity contribution in [1.82, 2.24) is 14.8 Å². The number of likely N-dealkylation sites (N-methyl/N-ethyl adjacent to an activating group) is 1. The van der Waals surface area contributed by atoms with E-state index in [1.807, 2.05) is 24.3 Å². The predicted octanol–water partition coefficient (Wildman–Crippen LogP) is 5.74. The largest absolute Gasteiger partial charge is 0.487 e. The average molecular weight is 518 g/mol. The first kappa shape index (κ1) is 25.5. The fourth-order valence-electron chi connectivity index (χ4n) is 5.34. The maximum Gasteiger partial charge on any atom is 0.335 e. The normalized spacial score (nSPS) is 18.4. The molecule has 5 rings (SSSR count). The zero-order chi connectivity index (χ0) is 25.8. The molecule has 0 saturated carbocycles. The molecule has 1 aromatic heterocycles. The van der Waals surface area contributed by atoms with Gasteiger partial charge in [0, 0.05) is 48.0 Å². The summed E-state index contributed by atoms with van der Waals surface area (Å²) in [5.41, 5.74) is 5.21. The van der Waals surface area contributed by atoms with Crippen LogP contribution in [0.25, 0.3) is 5.57 Å². The Kier molecular flexibility index (Phi) is 7.89. The minimum atomic E-state index is -0.944. The Balaban J connectivity index is 1.29. The van der Waals surface area contributed by atoms with Gasteiger partial charge in [-0.15, -0.1) is 0 Å². The summed E-state index contributed by atoms with van der Waals surface area (Å²) in [5.74, 6) is -0.253. The second-order valence-electron chi connectivity index (χ2n) is 9.64. The molecule has 6 nitrogen and oxygen atoms in total. The van der Waals surface area contributed by atoms with Crippen LogP contribution in [0.1, 0.15) is 52.5 Å². The molecule has 2 aliphatic rings. The van der Waals surface area contributed by atoms with Gasteiger partial charge in [-0.3, -0.25) is 9.88 Å². The Hall–Kier alpha value is -3.19. The second kappa shape index (κ2) is 11.5. The van der Waals surface area contributed by atoms with E-state index in [0.717, 1.165) is 73.0 Å². The van der Waals surface area contributed by atoms with E-state index >= 15 is 0 Å². The Bertz CT molecular complexity index is 1290. The molecule has 2 aromatic carbocycles. The van der Waals surface area contributed by atoms with Crippen molar-refractivity contribution in [3.8, 4) is 5.75 Å². The topological polar surface area (TPSA) is 65.9 Å². The van der Waals surface area contributed by atoms with Crippen LogP contribution in [-0.2, 0) is 13.2 Å². The van der Waals surface area contributed by atoms with Gasteiger partial charge in [0.05, 0.1) is 11.3 Å². The van der Waals surface area contributed by atoms with E-state index in [0.29, 0.717) is 18.4 Å². The lowest BCUT2D eigenvalue weighted by atomic mass is 9.94. The molecule has 192 valence electrons. The van der Waals surface area contributed by atoms with Crippen molar-refractivity contribution in [2.45, 2.75) is 39.0 Å². The summed E-state index contributed by atoms with van der Waals surface area (Å²) in [6, 6.07) is 17.7. The average Bonchev–Trinajstić information content (AvgIpc) is 3.32. The number of nitrogens with zero attached hydrogens (tertiary/aromatic N) is 3. The highest BCUT2D eigenvalue weighted by Gasteiger charge is 2.27. The Labute approximate surface area is 223 Å². The van der Waals surface area contributed by atoms with Crippen LogP contribution in [0, 0.1) is 0 Å². The summed E-state index contributed by atoms with van der Waals surface area (Å²) in [7, 11) is 0. The number of benzene rings is 2. The number of halogens is 1. The third-order valence-corrected chi connectivity index (χ3v) is 7.58. The van der Waals surface area contributed by atoms with Crippen molar-refractivity contribution in [1.29, 1.82) is 0 Å². The molecule has 3 aromatic rings. The molecule has 3 heterocycles. The van der Waals surface area contributed by atoms with Crippen LogP contribution in [-0.4, -0.2) is 58.1 Å². The minimum Gasteiger partial charge on any atom is -0.487 e. The molecule has 0 radical (unpaired) electrons. The molecular weight excluding hydrogens is 486 g/mol. The molecule has 0 amide bonds. The molecule has 0 aliphatic carbocycles. The number of aromatic carboxylic acids is 1. The lowest BCUT2D eigenvalue weighted by molar-refractivity contribution is 0.0697. The quantitative estimate of drug-likeness (QED) is 0.411. The first-order chi connectivity index (χ1) is 18.0. The minimum absolute atomic E-state index is 0.253. The number of likely N-dealkylation sites (tertiary alicyclic amines) is 1. The highest BCUT2D eigenvalue weighted by Crippen LogP contribution is 2.37. The fraction of sp³-hybridized carbons (Fsp3) is 0.333. The number of pyridine rings is 1. The van der Waals surface area contributed by atoms with Crippen LogP contribution in [0.5, 0.6) is 5.75 Å². The Morgan fingerprint density at radius 1 is 1.22 bits per heavy atom. The molecule has 1 N–H and O–H groups in total. The van der Waals surface area contributed by atoms with Gasteiger partial charge in [0.25, 0.3) is 0 Å². The predicted molar refractivity (Wildman–Crippen MR) is 146 cm³/mol. The number of hydrogen-bond acceptors (Lipinski definition) is 5. The molecule has 2 aliphatic heterocycles. The summed E-state index contributed by atoms with van der Waals surface area (Å²) in [5, 5.41) is 10.3. The van der Waals surface area contributed by atoms with Crippen LogP contribution in [0.3, 0.4) is 0 Å². The lowest BCUT2D eigenvalue weighted by Crippen LogP contribution is -2.37. The number of hydrogen-bond donors (Lipinski definition) is 1. The monoisotopic (exact) mass is 517 g/mol. The highest BCUT2D eigenvalue weighted by molar-refractivity contribution is 6.30. The Morgan fingerprint density at radius 3 is 2.84 bits per heavy atom. The molecular formula is C30H32ClN3O3. The molecule has 1 fully saturated rings. The maximum absolute atomic E-state index is 11.7. The highest BCUT2D eigenvalue weighted by atomic mass is 35.5. The molecule has 37 heavy (non-hydrogen) atoms. The van der Waals surface area contributed by atoms with Crippen LogP contribution < -0.4 is 4.74 Å². The fourth-order valence-corrected chi connectivity index (χ4v) is 5.46. The van der Waals surface area contributed by atoms with Crippen molar-refractivity contribution < 1.29 is 14.6 Å². The van der Waals surface area contributed by atoms with E-state index in [4.69, 9.17) is 16.3 Å². The van der Waals surface area contributed by atoms with Gasteiger partial charge in [0.2, 0.25) is 0 Å². The number of aromatic nitrogens is 1. The van der Waals surface area contributed by atoms with Crippen LogP contribution in [0.4, 0.5) is 0 Å². The summed E-state index contributed by atoms with van der Waals surface area (Å²) in [4.78, 5) is 21.3. The maximum atomic E-state index is 11.7. The summed E-state index contributed by atoms with van der Waals surface area (Å²) in [6.07, 6.45) is 6.00. The van der Waals surface area contributed by atoms with Crippen molar-refractivity contribution in [3.63, 3.8) is 0 Å². The van der Waals surface area contributed by atoms with Crippen LogP contribution in [0.15, 0.2) is 66.9 Å². The molecule has 7 heteroatoms. The second-order valence-corrected chi connectivity index (χ2v) is 10.1. The van der Waals surface area contributed by atoms with Crippen molar-refractivity contribution in [2.75, 3.05) is 26.2 Å². The summed E-state index contributed by atoms with van der Waals surface area (Å²) in [6.45, 7) is 7.60. The first-order valence-corrected chi connectivity index (χ1v) is 13.3. The van der Waals surface area contributed by atoms with Crippen LogP contribution in [0.2, 0.25) is 5.02 Å². The van der Waals surface area contributed by atoms with E-state index < -0.39 is 5.97 Å². The molecule has 0 spiro atoms. The van der Waals surface area contributed by atoms with Gasteiger partial charge in [-0.1, -0.05) is 42.8 Å². The van der Waals surface area contributed by atoms with Gasteiger partial charge in [0.15, 0.2) is 0 Å². The van der Waals surface area contributed by atoms with E-state index in [1.165, 1.54) is 5.56 Å². The van der Waals surface area contributed by atoms with Gasteiger partial charge < -0.3 is 14.7 Å². The van der Waals surface area contributed by atoms with Crippen LogP contribution >= 0.6 is 11.6 Å². The molecule has 0 bridgehead atoms. The zero-order valence-corrected chi connectivity index (χ0v) is 21.8. The van der Waals surface area contributed by atoms with E-state index in [2.05, 4.69) is 39.9 Å². The van der Waals surface area contributed by atoms with E-state index in [-0.39, 0.29) is 5.56 Å². The van der Waals surface area contributed by atoms with E-state index in [1.54, 1.807) is 24.4 Å². The number of rotatable bonds is 8. The van der Waals surface area contributed by atoms with Crippen molar-refractivity contribution in [3.05, 3.63) is 99.8 Å². The lowest BCUT2D eigenvalue weighted by Gasteiger charge is -2.28. The van der Waals surface area contributed by atoms with Gasteiger partial charge in [-0.25, -0.2) is 4.79 Å². The number of ether oxygens (including phenoxy) is 1. The number of fused-ring (bicyclic) bond motifs is 2. The van der Waals surface area contributed by atoms with E-state index in [9.17, 15) is 9.90 Å². The number of carbonyl (C=O) groups is 1. The Morgan fingerprint density at radius 2 is 2.05 bits per heavy atom. The smallest absolute Gasteiger partial charge is 0.335 e. The third-order valence-electron chi connectivity index (χ3n) is 7.32. The zero-order valence-electron chi connectivity index (χ0n) is 21.1. The standard InChI is InChI=1S/C30H32ClN3O3/c1-2-34(18-21-7-10-23(31)11-8-21)24-13-16-33(19-24)15-4-6-25-26-5-3-14-32-28(26)20-37-29-12-9-22(30(35)36)17-27(25)29/h3,5-12,14,17,24H,2,4,13,15-16,18-20H2,1H3,(H,35,36)/b25-6-. The number of carboxylic acids is 1. The molecule has 1 atom stereocenters. The van der Waals surface area contributed by atoms with Crippen molar-refractivity contribution >= 4 is 23.1 Å². The van der Waals surface area contributed by atoms with Gasteiger partial charge in [-0.2, -0.15) is 0 Å². The van der Waals surface area contributed by atoms with Gasteiger partial charge >= 0.3 is 5.97 Å². The van der Waals surface area contributed by atoms with Gasteiger partial charge in [-0.05, 0) is 73.5 Å². The van der Waals surface area contributed by atoms with Gasteiger partial charge in [0.1, 0.15) is 12.4 Å². The molecule has 1 unspecified atom stereocenters.